The summed E-state index contributed by atoms with van der Waals surface area (Å²) < 4.78 is 41.7. The molecule has 11 heteroatoms. The molecule has 1 saturated heterocycles. The molecule has 0 bridgehead atoms. The molecule has 1 aliphatic heterocycles. The van der Waals surface area contributed by atoms with Gasteiger partial charge in [0.25, 0.3) is 17.4 Å². The number of piperidine rings is 1. The Morgan fingerprint density at radius 1 is 1.11 bits per heavy atom. The number of nitrogens with zero attached hydrogens (tertiary/aromatic N) is 3. The average molecular weight is 552 g/mol. The maximum atomic E-state index is 13.9. The minimum absolute atomic E-state index is 0.0102. The van der Waals surface area contributed by atoms with Gasteiger partial charge < -0.3 is 14.9 Å². The number of likely N-dealkylation sites (tertiary alicyclic amines) is 1. The second-order valence-corrected chi connectivity index (χ2v) is 10.6. The number of thiazole rings is 1. The Bertz CT molecular complexity index is 1290. The highest BCUT2D eigenvalue weighted by Crippen LogP contribution is 2.42. The van der Waals surface area contributed by atoms with E-state index in [9.17, 15) is 27.9 Å². The van der Waals surface area contributed by atoms with E-state index < -0.39 is 23.2 Å². The lowest BCUT2D eigenvalue weighted by Gasteiger charge is -2.38. The molecule has 0 spiro atoms. The van der Waals surface area contributed by atoms with E-state index in [2.05, 4.69) is 4.98 Å². The van der Waals surface area contributed by atoms with Crippen LogP contribution in [0.3, 0.4) is 0 Å². The number of carbonyl (C=O) groups is 2. The molecule has 2 heterocycles. The van der Waals surface area contributed by atoms with E-state index in [0.717, 1.165) is 27.5 Å². The van der Waals surface area contributed by atoms with Crippen molar-refractivity contribution in [2.75, 3.05) is 27.2 Å². The van der Waals surface area contributed by atoms with Crippen LogP contribution in [0.2, 0.25) is 5.02 Å². The summed E-state index contributed by atoms with van der Waals surface area (Å²) >= 11 is 7.76. The second kappa shape index (κ2) is 10.4. The van der Waals surface area contributed by atoms with Crippen LogP contribution < -0.4 is 0 Å². The zero-order valence-electron chi connectivity index (χ0n) is 20.1. The van der Waals surface area contributed by atoms with E-state index in [0.29, 0.717) is 28.4 Å². The number of alkyl halides is 3. The molecular weight excluding hydrogens is 527 g/mol. The van der Waals surface area contributed by atoms with Gasteiger partial charge in [-0.2, -0.15) is 13.2 Å². The van der Waals surface area contributed by atoms with Crippen molar-refractivity contribution in [2.24, 2.45) is 0 Å². The topological polar surface area (TPSA) is 73.7 Å². The highest BCUT2D eigenvalue weighted by atomic mass is 35.5. The van der Waals surface area contributed by atoms with Crippen LogP contribution in [0.4, 0.5) is 13.2 Å². The van der Waals surface area contributed by atoms with Gasteiger partial charge in [-0.15, -0.1) is 11.3 Å². The number of hydrogen-bond acceptors (Lipinski definition) is 5. The summed E-state index contributed by atoms with van der Waals surface area (Å²) in [6, 6.07) is 11.5. The fraction of sp³-hybridized carbons (Fsp3) is 0.346. The third-order valence-corrected chi connectivity index (χ3v) is 7.99. The Balaban J connectivity index is 1.47. The Hall–Kier alpha value is -2.95. The van der Waals surface area contributed by atoms with Crippen molar-refractivity contribution >= 4 is 34.8 Å². The standard InChI is InChI=1S/C26H25ClF3N3O3S/c1-32(2)23(34)19-9-8-17(14-20(19)27)22-31-15-21(37-22)16-10-12-33(13-11-16)24(35)25(36,26(28,29)30)18-6-4-3-5-7-18/h3-9,14-16,36H,10-13H2,1-2H3/t25-/m1/s1. The van der Waals surface area contributed by atoms with Gasteiger partial charge in [0, 0.05) is 49.4 Å². The van der Waals surface area contributed by atoms with E-state index in [1.165, 1.54) is 34.4 Å². The van der Waals surface area contributed by atoms with Crippen molar-refractivity contribution in [3.05, 3.63) is 75.8 Å². The zero-order chi connectivity index (χ0) is 27.0. The van der Waals surface area contributed by atoms with Crippen molar-refractivity contribution < 1.29 is 27.9 Å². The van der Waals surface area contributed by atoms with Crippen LogP contribution in [-0.2, 0) is 10.4 Å². The lowest BCUT2D eigenvalue weighted by atomic mass is 9.89. The summed E-state index contributed by atoms with van der Waals surface area (Å²) in [7, 11) is 3.29. The Morgan fingerprint density at radius 3 is 2.32 bits per heavy atom. The van der Waals surface area contributed by atoms with Crippen LogP contribution in [-0.4, -0.2) is 65.1 Å². The zero-order valence-corrected chi connectivity index (χ0v) is 21.7. The molecule has 0 aliphatic carbocycles. The largest absolute Gasteiger partial charge is 0.430 e. The maximum Gasteiger partial charge on any atom is 0.430 e. The van der Waals surface area contributed by atoms with Crippen LogP contribution in [0.15, 0.2) is 54.7 Å². The summed E-state index contributed by atoms with van der Waals surface area (Å²) in [6.07, 6.45) is -2.56. The molecule has 6 nitrogen and oxygen atoms in total. The van der Waals surface area contributed by atoms with Gasteiger partial charge in [-0.3, -0.25) is 9.59 Å². The molecule has 1 aromatic heterocycles. The molecule has 37 heavy (non-hydrogen) atoms. The quantitative estimate of drug-likeness (QED) is 0.466. The third kappa shape index (κ3) is 5.23. The third-order valence-electron chi connectivity index (χ3n) is 6.47. The van der Waals surface area contributed by atoms with Gasteiger partial charge in [0.2, 0.25) is 0 Å². The lowest BCUT2D eigenvalue weighted by Crippen LogP contribution is -2.56. The minimum Gasteiger partial charge on any atom is -0.369 e. The number of aromatic nitrogens is 1. The fourth-order valence-corrected chi connectivity index (χ4v) is 5.70. The smallest absolute Gasteiger partial charge is 0.369 e. The summed E-state index contributed by atoms with van der Waals surface area (Å²) in [5, 5.41) is 11.6. The SMILES string of the molecule is CN(C)C(=O)c1ccc(-c2ncc(C3CCN(C(=O)[C@](O)(c4ccccc4)C(F)(F)F)CC3)s2)cc1Cl. The number of carbonyl (C=O) groups excluding carboxylic acids is 2. The fourth-order valence-electron chi connectivity index (χ4n) is 4.35. The number of rotatable bonds is 5. The van der Waals surface area contributed by atoms with E-state index in [1.54, 1.807) is 38.5 Å². The number of benzene rings is 2. The molecule has 4 rings (SSSR count). The van der Waals surface area contributed by atoms with Gasteiger partial charge in [0.05, 0.1) is 10.6 Å². The lowest BCUT2D eigenvalue weighted by molar-refractivity contribution is -0.262. The van der Waals surface area contributed by atoms with E-state index >= 15 is 0 Å². The van der Waals surface area contributed by atoms with E-state index in [-0.39, 0.29) is 24.9 Å². The highest BCUT2D eigenvalue weighted by molar-refractivity contribution is 7.15. The number of aliphatic hydroxyl groups is 1. The Morgan fingerprint density at radius 2 is 1.76 bits per heavy atom. The normalized spacial score (nSPS) is 16.4. The summed E-state index contributed by atoms with van der Waals surface area (Å²) in [5.74, 6) is -1.56. The van der Waals surface area contributed by atoms with E-state index in [4.69, 9.17) is 11.6 Å². The van der Waals surface area contributed by atoms with Crippen LogP contribution in [0, 0.1) is 0 Å². The van der Waals surface area contributed by atoms with Crippen molar-refractivity contribution in [3.8, 4) is 10.6 Å². The first kappa shape index (κ1) is 27.1. The van der Waals surface area contributed by atoms with E-state index in [1.807, 2.05) is 0 Å². The summed E-state index contributed by atoms with van der Waals surface area (Å²) in [6.45, 7) is 0.157. The maximum absolute atomic E-state index is 13.9. The second-order valence-electron chi connectivity index (χ2n) is 9.10. The molecular formula is C26H25ClF3N3O3S. The molecule has 0 saturated carbocycles. The Labute approximate surface area is 221 Å². The molecule has 3 aromatic rings. The van der Waals surface area contributed by atoms with Gasteiger partial charge in [0.1, 0.15) is 5.01 Å². The van der Waals surface area contributed by atoms with Crippen LogP contribution in [0.5, 0.6) is 0 Å². The molecule has 0 unspecified atom stereocenters. The number of amides is 2. The first-order valence-electron chi connectivity index (χ1n) is 11.5. The number of halogens is 4. The van der Waals surface area contributed by atoms with Gasteiger partial charge in [0.15, 0.2) is 0 Å². The van der Waals surface area contributed by atoms with Crippen molar-refractivity contribution in [1.29, 1.82) is 0 Å². The van der Waals surface area contributed by atoms with Gasteiger partial charge in [-0.1, -0.05) is 48.0 Å². The first-order chi connectivity index (χ1) is 17.4. The monoisotopic (exact) mass is 551 g/mol. The van der Waals surface area contributed by atoms with Gasteiger partial charge in [-0.05, 0) is 30.9 Å². The predicted molar refractivity (Wildman–Crippen MR) is 136 cm³/mol. The predicted octanol–water partition coefficient (Wildman–Crippen LogP) is 5.32. The van der Waals surface area contributed by atoms with Gasteiger partial charge in [-0.25, -0.2) is 4.98 Å². The summed E-state index contributed by atoms with van der Waals surface area (Å²) in [4.78, 5) is 33.1. The first-order valence-corrected chi connectivity index (χ1v) is 12.7. The number of hydrogen-bond donors (Lipinski definition) is 1. The van der Waals surface area contributed by atoms with Crippen molar-refractivity contribution in [2.45, 2.75) is 30.5 Å². The van der Waals surface area contributed by atoms with Crippen LogP contribution in [0.1, 0.15) is 39.6 Å². The van der Waals surface area contributed by atoms with Crippen molar-refractivity contribution in [3.63, 3.8) is 0 Å². The van der Waals surface area contributed by atoms with Crippen LogP contribution >= 0.6 is 22.9 Å². The van der Waals surface area contributed by atoms with Gasteiger partial charge >= 0.3 is 6.18 Å². The van der Waals surface area contributed by atoms with Crippen LogP contribution in [0.25, 0.3) is 10.6 Å². The summed E-state index contributed by atoms with van der Waals surface area (Å²) in [5.41, 5.74) is -2.96. The molecule has 1 fully saturated rings. The molecule has 2 amide bonds. The minimum atomic E-state index is -5.16. The molecule has 0 radical (unpaired) electrons. The molecule has 1 aliphatic rings. The Kier molecular flexibility index (Phi) is 7.64. The molecule has 1 atom stereocenters. The molecule has 196 valence electrons. The van der Waals surface area contributed by atoms with Crippen molar-refractivity contribution in [1.82, 2.24) is 14.8 Å². The average Bonchev–Trinajstić information content (AvgIpc) is 3.37. The highest BCUT2D eigenvalue weighted by Gasteiger charge is 2.62. The molecule has 2 aromatic carbocycles. The molecule has 1 N–H and O–H groups in total.